The second-order valence-electron chi connectivity index (χ2n) is 7.82. The summed E-state index contributed by atoms with van der Waals surface area (Å²) in [4.78, 5) is 14.6. The zero-order chi connectivity index (χ0) is 20.8. The Morgan fingerprint density at radius 2 is 1.90 bits per heavy atom. The van der Waals surface area contributed by atoms with Gasteiger partial charge in [0, 0.05) is 36.7 Å². The van der Waals surface area contributed by atoms with Crippen LogP contribution in [0.4, 0.5) is 8.78 Å². The molecule has 0 unspecified atom stereocenters. The van der Waals surface area contributed by atoms with Gasteiger partial charge in [-0.2, -0.15) is 0 Å². The minimum Gasteiger partial charge on any atom is -0.341 e. The van der Waals surface area contributed by atoms with Crippen molar-refractivity contribution in [1.82, 2.24) is 9.62 Å². The number of nitrogens with one attached hydrogen (secondary N) is 1. The Labute approximate surface area is 168 Å². The van der Waals surface area contributed by atoms with Crippen molar-refractivity contribution in [2.24, 2.45) is 5.92 Å². The lowest BCUT2D eigenvalue weighted by molar-refractivity contribution is -0.131. The van der Waals surface area contributed by atoms with Crippen LogP contribution in [0.5, 0.6) is 0 Å². The summed E-state index contributed by atoms with van der Waals surface area (Å²) in [5.74, 6) is -1.48. The Balaban J connectivity index is 1.49. The highest BCUT2D eigenvalue weighted by Crippen LogP contribution is 2.51. The molecule has 1 N–H and O–H groups in total. The molecular weight excluding hydrogens is 398 g/mol. The zero-order valence-corrected chi connectivity index (χ0v) is 16.8. The van der Waals surface area contributed by atoms with Gasteiger partial charge in [-0.3, -0.25) is 4.79 Å². The van der Waals surface area contributed by atoms with Gasteiger partial charge >= 0.3 is 0 Å². The average molecular weight is 420 g/mol. The number of sulfonamides is 1. The van der Waals surface area contributed by atoms with E-state index in [1.165, 1.54) is 12.1 Å². The van der Waals surface area contributed by atoms with E-state index in [2.05, 4.69) is 4.72 Å². The first-order chi connectivity index (χ1) is 13.7. The minimum absolute atomic E-state index is 0.00202. The predicted molar refractivity (Wildman–Crippen MR) is 106 cm³/mol. The summed E-state index contributed by atoms with van der Waals surface area (Å²) in [6, 6.07) is 10.6. The van der Waals surface area contributed by atoms with E-state index in [0.717, 1.165) is 17.9 Å². The first-order valence-corrected chi connectivity index (χ1v) is 11.4. The van der Waals surface area contributed by atoms with Crippen LogP contribution in [0.1, 0.15) is 24.3 Å². The van der Waals surface area contributed by atoms with Crippen molar-refractivity contribution in [3.63, 3.8) is 0 Å². The molecule has 0 bridgehead atoms. The van der Waals surface area contributed by atoms with Crippen LogP contribution in [-0.2, 0) is 14.8 Å². The molecule has 1 heterocycles. The van der Waals surface area contributed by atoms with Gasteiger partial charge in [0.1, 0.15) is 11.6 Å². The Kier molecular flexibility index (Phi) is 5.16. The van der Waals surface area contributed by atoms with Crippen molar-refractivity contribution in [1.29, 1.82) is 0 Å². The molecular formula is C21H22F2N2O3S. The molecule has 0 radical (unpaired) electrons. The molecule has 2 aromatic rings. The lowest BCUT2D eigenvalue weighted by atomic mass is 9.95. The highest BCUT2D eigenvalue weighted by molar-refractivity contribution is 7.88. The number of benzene rings is 2. The monoisotopic (exact) mass is 420 g/mol. The molecule has 3 atom stereocenters. The van der Waals surface area contributed by atoms with Gasteiger partial charge in [-0.05, 0) is 42.0 Å². The van der Waals surface area contributed by atoms with Crippen LogP contribution < -0.4 is 4.72 Å². The predicted octanol–water partition coefficient (Wildman–Crippen LogP) is 2.89. The van der Waals surface area contributed by atoms with E-state index in [4.69, 9.17) is 0 Å². The first kappa shape index (κ1) is 20.0. The molecule has 29 heavy (non-hydrogen) atoms. The Bertz CT molecular complexity index is 1060. The number of hydrogen-bond acceptors (Lipinski definition) is 3. The van der Waals surface area contributed by atoms with Gasteiger partial charge in [0.2, 0.25) is 15.9 Å². The normalized spacial score (nSPS) is 24.0. The van der Waals surface area contributed by atoms with Crippen molar-refractivity contribution in [3.05, 3.63) is 59.7 Å². The SMILES string of the molecule is CS(=O)(=O)N[C@H]1CCN(C(=O)[C@@H]2C[C@H]2c2ccccc2-c2ccc(F)cc2F)C1. The van der Waals surface area contributed by atoms with Crippen molar-refractivity contribution in [3.8, 4) is 11.1 Å². The fraction of sp³-hybridized carbons (Fsp3) is 0.381. The van der Waals surface area contributed by atoms with Gasteiger partial charge in [-0.1, -0.05) is 24.3 Å². The molecule has 5 nitrogen and oxygen atoms in total. The highest BCUT2D eigenvalue weighted by Gasteiger charge is 2.47. The van der Waals surface area contributed by atoms with Crippen LogP contribution >= 0.6 is 0 Å². The third-order valence-electron chi connectivity index (χ3n) is 5.57. The maximum absolute atomic E-state index is 14.3. The van der Waals surface area contributed by atoms with Gasteiger partial charge in [0.25, 0.3) is 0 Å². The summed E-state index contributed by atoms with van der Waals surface area (Å²) >= 11 is 0. The van der Waals surface area contributed by atoms with E-state index >= 15 is 0 Å². The van der Waals surface area contributed by atoms with Crippen LogP contribution in [0, 0.1) is 17.6 Å². The van der Waals surface area contributed by atoms with Crippen LogP contribution in [0.15, 0.2) is 42.5 Å². The number of carbonyl (C=O) groups is 1. The van der Waals surface area contributed by atoms with Crippen molar-refractivity contribution >= 4 is 15.9 Å². The summed E-state index contributed by atoms with van der Waals surface area (Å²) < 4.78 is 52.9. The van der Waals surface area contributed by atoms with Gasteiger partial charge < -0.3 is 4.90 Å². The summed E-state index contributed by atoms with van der Waals surface area (Å²) in [7, 11) is -3.31. The lowest BCUT2D eigenvalue weighted by Gasteiger charge is -2.17. The smallest absolute Gasteiger partial charge is 0.226 e. The van der Waals surface area contributed by atoms with Crippen molar-refractivity contribution in [2.75, 3.05) is 19.3 Å². The topological polar surface area (TPSA) is 66.5 Å². The Hall–Kier alpha value is -2.32. The molecule has 1 aliphatic carbocycles. The summed E-state index contributed by atoms with van der Waals surface area (Å²) in [6.45, 7) is 0.882. The molecule has 1 saturated heterocycles. The van der Waals surface area contributed by atoms with E-state index in [1.54, 1.807) is 17.0 Å². The van der Waals surface area contributed by atoms with Crippen molar-refractivity contribution < 1.29 is 22.0 Å². The van der Waals surface area contributed by atoms with Crippen LogP contribution in [0.25, 0.3) is 11.1 Å². The van der Waals surface area contributed by atoms with E-state index in [1.807, 2.05) is 12.1 Å². The van der Waals surface area contributed by atoms with Gasteiger partial charge in [0.15, 0.2) is 0 Å². The number of carbonyl (C=O) groups excluding carboxylic acids is 1. The van der Waals surface area contributed by atoms with E-state index in [-0.39, 0.29) is 23.8 Å². The third kappa shape index (κ3) is 4.33. The summed E-state index contributed by atoms with van der Waals surface area (Å²) in [5.41, 5.74) is 1.86. The quantitative estimate of drug-likeness (QED) is 0.809. The van der Waals surface area contributed by atoms with Crippen molar-refractivity contribution in [2.45, 2.75) is 24.8 Å². The zero-order valence-electron chi connectivity index (χ0n) is 15.9. The Morgan fingerprint density at radius 1 is 1.14 bits per heavy atom. The maximum Gasteiger partial charge on any atom is 0.226 e. The van der Waals surface area contributed by atoms with Gasteiger partial charge in [-0.25, -0.2) is 21.9 Å². The van der Waals surface area contributed by atoms with Gasteiger partial charge in [-0.15, -0.1) is 0 Å². The number of likely N-dealkylation sites (tertiary alicyclic amines) is 1. The fourth-order valence-electron chi connectivity index (χ4n) is 4.18. The summed E-state index contributed by atoms with van der Waals surface area (Å²) in [6.07, 6.45) is 2.37. The van der Waals surface area contributed by atoms with Crippen LogP contribution in [-0.4, -0.2) is 44.6 Å². The standard InChI is InChI=1S/C21H22F2N2O3S/c1-29(27,28)24-14-8-9-25(12-14)21(26)19-11-18(19)16-5-3-2-4-15(16)17-7-6-13(22)10-20(17)23/h2-7,10,14,18-19,24H,8-9,11-12H2,1H3/t14-,18-,19+/m0/s1. The van der Waals surface area contributed by atoms with Gasteiger partial charge in [0.05, 0.1) is 6.26 Å². The van der Waals surface area contributed by atoms with E-state index < -0.39 is 21.7 Å². The molecule has 8 heteroatoms. The van der Waals surface area contributed by atoms with Crippen LogP contribution in [0.3, 0.4) is 0 Å². The fourth-order valence-corrected chi connectivity index (χ4v) is 4.98. The second-order valence-corrected chi connectivity index (χ2v) is 9.60. The Morgan fingerprint density at radius 3 is 2.62 bits per heavy atom. The third-order valence-corrected chi connectivity index (χ3v) is 6.33. The summed E-state index contributed by atoms with van der Waals surface area (Å²) in [5, 5.41) is 0. The molecule has 1 amide bonds. The molecule has 154 valence electrons. The number of rotatable bonds is 5. The minimum atomic E-state index is -3.31. The number of nitrogens with zero attached hydrogens (tertiary/aromatic N) is 1. The highest BCUT2D eigenvalue weighted by atomic mass is 32.2. The second kappa shape index (κ2) is 7.50. The largest absolute Gasteiger partial charge is 0.341 e. The van der Waals surface area contributed by atoms with E-state index in [9.17, 15) is 22.0 Å². The average Bonchev–Trinajstić information content (AvgIpc) is 3.32. The molecule has 2 aromatic carbocycles. The first-order valence-electron chi connectivity index (χ1n) is 9.53. The lowest BCUT2D eigenvalue weighted by Crippen LogP contribution is -2.38. The molecule has 0 spiro atoms. The number of amides is 1. The van der Waals surface area contributed by atoms with E-state index in [0.29, 0.717) is 37.1 Å². The molecule has 0 aromatic heterocycles. The maximum atomic E-state index is 14.3. The number of hydrogen-bond donors (Lipinski definition) is 1. The molecule has 2 aliphatic rings. The molecule has 1 saturated carbocycles. The molecule has 2 fully saturated rings. The molecule has 4 rings (SSSR count). The molecule has 1 aliphatic heterocycles. The van der Waals surface area contributed by atoms with Crippen LogP contribution in [0.2, 0.25) is 0 Å². The number of halogens is 2.